The van der Waals surface area contributed by atoms with Gasteiger partial charge in [0.15, 0.2) is 0 Å². The summed E-state index contributed by atoms with van der Waals surface area (Å²) in [6, 6.07) is 65.0. The van der Waals surface area contributed by atoms with Gasteiger partial charge in [0.2, 0.25) is 0 Å². The summed E-state index contributed by atoms with van der Waals surface area (Å²) in [7, 11) is 0. The van der Waals surface area contributed by atoms with E-state index < -0.39 is 0 Å². The highest BCUT2D eigenvalue weighted by Gasteiger charge is 2.39. The van der Waals surface area contributed by atoms with E-state index in [0.717, 1.165) is 28.0 Å². The van der Waals surface area contributed by atoms with Gasteiger partial charge in [-0.05, 0) is 94.7 Å². The monoisotopic (exact) mass is 756 g/mol. The Morgan fingerprint density at radius 3 is 1.90 bits per heavy atom. The number of fused-ring (bicyclic) bond motifs is 10. The molecule has 280 valence electrons. The molecule has 59 heavy (non-hydrogen) atoms. The molecule has 10 aromatic rings. The van der Waals surface area contributed by atoms with Gasteiger partial charge in [0.1, 0.15) is 0 Å². The fraction of sp³-hybridized carbons (Fsp3) is 0.0545. The van der Waals surface area contributed by atoms with E-state index in [4.69, 9.17) is 5.41 Å². The van der Waals surface area contributed by atoms with Gasteiger partial charge in [0.05, 0.1) is 33.5 Å². The number of nitrogens with zero attached hydrogens (tertiary/aromatic N) is 3. The molecule has 0 aliphatic heterocycles. The second kappa shape index (κ2) is 13.3. The minimum atomic E-state index is -0.222. The summed E-state index contributed by atoms with van der Waals surface area (Å²) in [5, 5.41) is 14.0. The number of nitrogens with one attached hydrogen (secondary N) is 1. The first-order valence-electron chi connectivity index (χ1n) is 20.1. The number of aliphatic imine (C=N–C) groups is 1. The summed E-state index contributed by atoms with van der Waals surface area (Å²) in [4.78, 5) is 4.26. The van der Waals surface area contributed by atoms with E-state index >= 15 is 0 Å². The third-order valence-corrected chi connectivity index (χ3v) is 12.4. The second-order valence-corrected chi connectivity index (χ2v) is 16.0. The molecule has 2 heterocycles. The minimum absolute atomic E-state index is 0.222. The lowest BCUT2D eigenvalue weighted by Crippen LogP contribution is -2.15. The number of rotatable bonds is 7. The molecule has 1 aliphatic rings. The van der Waals surface area contributed by atoms with E-state index in [1.54, 1.807) is 6.08 Å². The van der Waals surface area contributed by atoms with E-state index in [0.29, 0.717) is 11.4 Å². The third-order valence-electron chi connectivity index (χ3n) is 12.4. The van der Waals surface area contributed by atoms with Crippen molar-refractivity contribution in [3.05, 3.63) is 210 Å². The lowest BCUT2D eigenvalue weighted by Gasteiger charge is -2.23. The van der Waals surface area contributed by atoms with Crippen LogP contribution < -0.4 is 0 Å². The van der Waals surface area contributed by atoms with E-state index in [1.807, 2.05) is 30.3 Å². The molecule has 0 amide bonds. The number of hydrogen-bond acceptors (Lipinski definition) is 2. The normalized spacial score (nSPS) is 13.3. The highest BCUT2D eigenvalue weighted by Crippen LogP contribution is 2.55. The van der Waals surface area contributed by atoms with Gasteiger partial charge in [-0.1, -0.05) is 147 Å². The van der Waals surface area contributed by atoms with Crippen molar-refractivity contribution in [2.24, 2.45) is 4.99 Å². The molecule has 1 N–H and O–H groups in total. The van der Waals surface area contributed by atoms with Crippen molar-refractivity contribution in [2.45, 2.75) is 19.3 Å². The Balaban J connectivity index is 1.18. The number of benzene rings is 8. The average Bonchev–Trinajstić information content (AvgIpc) is 3.89. The maximum Gasteiger partial charge on any atom is 0.0716 e. The fourth-order valence-electron chi connectivity index (χ4n) is 9.65. The lowest BCUT2D eigenvalue weighted by molar-refractivity contribution is 0.661. The first-order chi connectivity index (χ1) is 28.9. The Bertz CT molecular complexity index is 3360. The van der Waals surface area contributed by atoms with E-state index in [-0.39, 0.29) is 5.41 Å². The molecule has 0 fully saturated rings. The van der Waals surface area contributed by atoms with Gasteiger partial charge in [-0.2, -0.15) is 0 Å². The maximum absolute atomic E-state index is 9.06. The van der Waals surface area contributed by atoms with Crippen LogP contribution in [-0.2, 0) is 5.41 Å². The summed E-state index contributed by atoms with van der Waals surface area (Å²) >= 11 is 0. The van der Waals surface area contributed by atoms with Gasteiger partial charge in [-0.25, -0.2) is 0 Å². The zero-order valence-corrected chi connectivity index (χ0v) is 32.9. The molecule has 0 saturated carbocycles. The molecule has 2 aromatic heterocycles. The van der Waals surface area contributed by atoms with Crippen LogP contribution in [0.2, 0.25) is 0 Å². The molecular formula is C55H40N4. The largest absolute Gasteiger partial charge is 0.309 e. The Labute approximate surface area is 343 Å². The molecule has 4 nitrogen and oxygen atoms in total. The number of aromatic nitrogens is 2. The van der Waals surface area contributed by atoms with Crippen LogP contribution in [0, 0.1) is 5.41 Å². The zero-order chi connectivity index (χ0) is 39.8. The second-order valence-electron chi connectivity index (χ2n) is 16.0. The summed E-state index contributed by atoms with van der Waals surface area (Å²) in [5.41, 5.74) is 17.1. The summed E-state index contributed by atoms with van der Waals surface area (Å²) in [5.74, 6) is 0. The molecule has 8 aromatic carbocycles. The molecule has 0 unspecified atom stereocenters. The van der Waals surface area contributed by atoms with Gasteiger partial charge in [-0.15, -0.1) is 0 Å². The summed E-state index contributed by atoms with van der Waals surface area (Å²) in [6.07, 6.45) is 1.80. The van der Waals surface area contributed by atoms with Gasteiger partial charge in [0, 0.05) is 49.5 Å². The first-order valence-corrected chi connectivity index (χ1v) is 20.1. The SMILES string of the molecule is C=N/C(=C\C(=N)c1ccc(-n2c3ccccc3c3c(-c4ccc5c6ccccc6n(-c6ccccc6)c5c4)cc4c(c32)-c2ccccc2C4(C)C)cc1)c1ccccc1. The van der Waals surface area contributed by atoms with Gasteiger partial charge in [-0.3, -0.25) is 4.99 Å². The highest BCUT2D eigenvalue weighted by atomic mass is 15.0. The van der Waals surface area contributed by atoms with Crippen LogP contribution in [0.5, 0.6) is 0 Å². The van der Waals surface area contributed by atoms with Crippen molar-refractivity contribution >= 4 is 61.7 Å². The van der Waals surface area contributed by atoms with Crippen molar-refractivity contribution in [1.82, 2.24) is 9.13 Å². The van der Waals surface area contributed by atoms with Crippen molar-refractivity contribution in [3.8, 4) is 33.6 Å². The number of hydrogen-bond donors (Lipinski definition) is 1. The molecule has 0 radical (unpaired) electrons. The molecular weight excluding hydrogens is 717 g/mol. The maximum atomic E-state index is 9.06. The van der Waals surface area contributed by atoms with Crippen molar-refractivity contribution < 1.29 is 0 Å². The van der Waals surface area contributed by atoms with Crippen molar-refractivity contribution in [3.63, 3.8) is 0 Å². The van der Waals surface area contributed by atoms with Gasteiger partial charge >= 0.3 is 0 Å². The summed E-state index contributed by atoms with van der Waals surface area (Å²) in [6.45, 7) is 8.53. The summed E-state index contributed by atoms with van der Waals surface area (Å²) < 4.78 is 4.86. The quantitative estimate of drug-likeness (QED) is 0.157. The van der Waals surface area contributed by atoms with Crippen molar-refractivity contribution in [2.75, 3.05) is 0 Å². The highest BCUT2D eigenvalue weighted by molar-refractivity contribution is 6.22. The van der Waals surface area contributed by atoms with Crippen LogP contribution in [0.3, 0.4) is 0 Å². The molecule has 0 atom stereocenters. The smallest absolute Gasteiger partial charge is 0.0716 e. The van der Waals surface area contributed by atoms with Crippen LogP contribution in [-0.4, -0.2) is 21.6 Å². The van der Waals surface area contributed by atoms with Gasteiger partial charge < -0.3 is 14.5 Å². The minimum Gasteiger partial charge on any atom is -0.309 e. The molecule has 0 spiro atoms. The van der Waals surface area contributed by atoms with E-state index in [9.17, 15) is 0 Å². The van der Waals surface area contributed by atoms with Crippen LogP contribution >= 0.6 is 0 Å². The van der Waals surface area contributed by atoms with E-state index in [2.05, 4.69) is 186 Å². The van der Waals surface area contributed by atoms with Gasteiger partial charge in [0.25, 0.3) is 0 Å². The predicted octanol–water partition coefficient (Wildman–Crippen LogP) is 14.0. The lowest BCUT2D eigenvalue weighted by atomic mass is 9.81. The van der Waals surface area contributed by atoms with Crippen LogP contribution in [0.4, 0.5) is 0 Å². The molecule has 1 aliphatic carbocycles. The predicted molar refractivity (Wildman–Crippen MR) is 249 cm³/mol. The van der Waals surface area contributed by atoms with E-state index in [1.165, 1.54) is 71.5 Å². The number of para-hydroxylation sites is 3. The van der Waals surface area contributed by atoms with Crippen molar-refractivity contribution in [1.29, 1.82) is 5.41 Å². The Morgan fingerprint density at radius 1 is 0.542 bits per heavy atom. The van der Waals surface area contributed by atoms with Crippen LogP contribution in [0.1, 0.15) is 36.1 Å². The molecule has 11 rings (SSSR count). The van der Waals surface area contributed by atoms with Crippen LogP contribution in [0.15, 0.2) is 193 Å². The zero-order valence-electron chi connectivity index (χ0n) is 32.9. The molecule has 0 saturated heterocycles. The Morgan fingerprint density at radius 2 is 1.15 bits per heavy atom. The van der Waals surface area contributed by atoms with Crippen LogP contribution in [0.25, 0.3) is 82.9 Å². The Hall–Kier alpha value is -7.56. The molecule has 0 bridgehead atoms. The Kier molecular flexibility index (Phi) is 7.79. The topological polar surface area (TPSA) is 46.1 Å². The third kappa shape index (κ3) is 5.23. The number of allylic oxidation sites excluding steroid dienone is 1. The fourth-order valence-corrected chi connectivity index (χ4v) is 9.65. The standard InChI is InChI=1S/C55H40N4/c1-55(2)45-23-13-10-21-42(45)53-46(55)33-44(37-28-31-41-40-20-11-14-24-49(40)58(51(41)32-37)38-18-8-5-9-19-38)52-43-22-12-15-25-50(43)59(54(52)53)39-29-26-35(27-30-39)47(56)34-48(57-3)36-16-6-4-7-17-36/h4-34,56H,3H2,1-2H3/b48-34-,56-47?. The average molecular weight is 757 g/mol. The first kappa shape index (κ1) is 34.7. The molecule has 4 heteroatoms.